The maximum absolute atomic E-state index is 13.8. The Bertz CT molecular complexity index is 1610. The molecule has 2 fully saturated rings. The van der Waals surface area contributed by atoms with Crippen molar-refractivity contribution < 1.29 is 37.4 Å². The molecular weight excluding hydrogens is 675 g/mol. The van der Waals surface area contributed by atoms with Crippen LogP contribution in [0.25, 0.3) is 0 Å². The number of hydrogen-bond donors (Lipinski definition) is 0. The number of halogens is 4. The monoisotopic (exact) mass is 707 g/mol. The first kappa shape index (κ1) is 34.9. The van der Waals surface area contributed by atoms with Crippen LogP contribution < -0.4 is 9.47 Å². The first-order valence-electron chi connectivity index (χ1n) is 14.9. The molecule has 14 heteroatoms. The number of carbonyl (C=O) groups is 3. The Balaban J connectivity index is 1.38. The Morgan fingerprint density at radius 1 is 1.04 bits per heavy atom. The topological polar surface area (TPSA) is 98.3 Å². The maximum atomic E-state index is 13.8. The summed E-state index contributed by atoms with van der Waals surface area (Å²) in [4.78, 5) is 46.6. The van der Waals surface area contributed by atoms with Gasteiger partial charge in [0.15, 0.2) is 22.7 Å². The zero-order valence-electron chi connectivity index (χ0n) is 25.7. The number of Topliss-reactive ketones (excluding diaryl/α,β-unsaturated/α-hetero) is 1. The second kappa shape index (κ2) is 15.6. The fraction of sp³-hybridized carbons (Fsp3) is 0.394. The maximum Gasteiger partial charge on any atom is 0.387 e. The summed E-state index contributed by atoms with van der Waals surface area (Å²) in [5.74, 6) is -0.202. The molecular formula is C33H33Cl2F2N3O6S. The molecule has 0 radical (unpaired) electrons. The molecule has 1 aliphatic carbocycles. The molecule has 1 saturated carbocycles. The number of ketones is 1. The zero-order chi connectivity index (χ0) is 33.7. The van der Waals surface area contributed by atoms with Crippen LogP contribution >= 0.6 is 35.0 Å². The lowest BCUT2D eigenvalue weighted by molar-refractivity contribution is -0.151. The van der Waals surface area contributed by atoms with Crippen LogP contribution in [0.15, 0.2) is 54.9 Å². The molecule has 250 valence electrons. The van der Waals surface area contributed by atoms with Crippen LogP contribution in [0.4, 0.5) is 8.78 Å². The van der Waals surface area contributed by atoms with Gasteiger partial charge in [-0.3, -0.25) is 19.5 Å². The average molecular weight is 709 g/mol. The number of benzene rings is 2. The number of esters is 1. The van der Waals surface area contributed by atoms with Gasteiger partial charge < -0.3 is 19.1 Å². The molecule has 0 N–H and O–H groups in total. The number of carbonyl (C=O) groups excluding carboxylic acids is 3. The first-order chi connectivity index (χ1) is 22.5. The third-order valence-corrected chi connectivity index (χ3v) is 9.58. The molecule has 3 aromatic rings. The lowest BCUT2D eigenvalue weighted by Gasteiger charge is -2.26. The highest BCUT2D eigenvalue weighted by Gasteiger charge is 2.36. The second-order valence-electron chi connectivity index (χ2n) is 11.4. The van der Waals surface area contributed by atoms with Gasteiger partial charge in [-0.1, -0.05) is 41.4 Å². The molecule has 5 rings (SSSR count). The van der Waals surface area contributed by atoms with Gasteiger partial charge in [-0.05, 0) is 54.2 Å². The molecule has 1 aliphatic heterocycles. The van der Waals surface area contributed by atoms with E-state index in [1.165, 1.54) is 47.3 Å². The van der Waals surface area contributed by atoms with E-state index < -0.39 is 24.1 Å². The van der Waals surface area contributed by atoms with Crippen LogP contribution in [-0.2, 0) is 16.0 Å². The standard InChI is InChI=1S/C33H33Cl2F2N3O6S/c1-39(2)30(42)22-5-3-4-20(12-22)26(41)17-40-10-11-47-31(40)32(43)45-28(14-23-24(34)15-38-16-25(23)35)21-8-9-27(46-33(36)37)29(13-21)44-18-19-6-7-19/h3-5,8-9,12-13,15-16,19,28,31,33H,6-7,10-11,14,17-18H2,1-2H3/t28?,31-/m0/s1. The molecule has 1 unspecified atom stereocenters. The quantitative estimate of drug-likeness (QED) is 0.136. The van der Waals surface area contributed by atoms with E-state index >= 15 is 0 Å². The summed E-state index contributed by atoms with van der Waals surface area (Å²) in [6.07, 6.45) is 3.91. The van der Waals surface area contributed by atoms with E-state index in [9.17, 15) is 23.2 Å². The smallest absolute Gasteiger partial charge is 0.387 e. The number of nitrogens with zero attached hydrogens (tertiary/aromatic N) is 3. The lowest BCUT2D eigenvalue weighted by atomic mass is 10.0. The average Bonchev–Trinajstić information content (AvgIpc) is 3.76. The summed E-state index contributed by atoms with van der Waals surface area (Å²) in [6, 6.07) is 10.9. The van der Waals surface area contributed by atoms with Gasteiger partial charge in [0.2, 0.25) is 0 Å². The van der Waals surface area contributed by atoms with Gasteiger partial charge in [0.1, 0.15) is 6.10 Å². The van der Waals surface area contributed by atoms with E-state index in [-0.39, 0.29) is 46.2 Å². The minimum absolute atomic E-state index is 0.0477. The largest absolute Gasteiger partial charge is 0.489 e. The molecule has 1 aromatic heterocycles. The van der Waals surface area contributed by atoms with E-state index in [2.05, 4.69) is 4.98 Å². The van der Waals surface area contributed by atoms with Gasteiger partial charge in [-0.2, -0.15) is 8.78 Å². The number of rotatable bonds is 14. The van der Waals surface area contributed by atoms with Crippen LogP contribution in [0.5, 0.6) is 11.5 Å². The SMILES string of the molecule is CN(C)C(=O)c1cccc(C(=O)CN2CCS[C@H]2C(=O)OC(Cc2c(Cl)cncc2Cl)c2ccc(OC(F)F)c(OCC3CC3)c2)c1. The summed E-state index contributed by atoms with van der Waals surface area (Å²) in [5.41, 5.74) is 1.66. The van der Waals surface area contributed by atoms with Crippen molar-refractivity contribution in [2.24, 2.45) is 5.92 Å². The minimum Gasteiger partial charge on any atom is -0.489 e. The summed E-state index contributed by atoms with van der Waals surface area (Å²) < 4.78 is 43.0. The van der Waals surface area contributed by atoms with Crippen LogP contribution in [0.2, 0.25) is 10.0 Å². The Morgan fingerprint density at radius 2 is 1.77 bits per heavy atom. The molecule has 2 aliphatic rings. The molecule has 9 nitrogen and oxygen atoms in total. The third-order valence-electron chi connectivity index (χ3n) is 7.70. The van der Waals surface area contributed by atoms with E-state index in [0.29, 0.717) is 47.1 Å². The van der Waals surface area contributed by atoms with Gasteiger partial charge in [0.05, 0.1) is 23.2 Å². The van der Waals surface area contributed by atoms with Gasteiger partial charge in [0, 0.05) is 56.3 Å². The highest BCUT2D eigenvalue weighted by atomic mass is 35.5. The molecule has 0 spiro atoms. The van der Waals surface area contributed by atoms with Crippen molar-refractivity contribution >= 4 is 52.6 Å². The van der Waals surface area contributed by atoms with Crippen molar-refractivity contribution in [3.63, 3.8) is 0 Å². The number of amides is 1. The first-order valence-corrected chi connectivity index (χ1v) is 16.7. The summed E-state index contributed by atoms with van der Waals surface area (Å²) in [6.45, 7) is -2.34. The fourth-order valence-corrected chi connectivity index (χ4v) is 6.68. The van der Waals surface area contributed by atoms with Crippen LogP contribution in [0.3, 0.4) is 0 Å². The Labute approximate surface area is 285 Å². The molecule has 2 aromatic carbocycles. The minimum atomic E-state index is -3.06. The summed E-state index contributed by atoms with van der Waals surface area (Å²) >= 11 is 14.2. The molecule has 47 heavy (non-hydrogen) atoms. The van der Waals surface area contributed by atoms with Crippen molar-refractivity contribution in [2.75, 3.05) is 39.5 Å². The predicted molar refractivity (Wildman–Crippen MR) is 175 cm³/mol. The Morgan fingerprint density at radius 3 is 2.45 bits per heavy atom. The van der Waals surface area contributed by atoms with E-state index in [0.717, 1.165) is 12.8 Å². The van der Waals surface area contributed by atoms with Gasteiger partial charge >= 0.3 is 12.6 Å². The summed E-state index contributed by atoms with van der Waals surface area (Å²) in [7, 11) is 3.26. The van der Waals surface area contributed by atoms with E-state index in [4.69, 9.17) is 37.4 Å². The fourth-order valence-electron chi connectivity index (χ4n) is 5.01. The molecule has 2 heterocycles. The van der Waals surface area contributed by atoms with Gasteiger partial charge in [-0.15, -0.1) is 11.8 Å². The Hall–Kier alpha value is -3.45. The number of ether oxygens (including phenoxy) is 3. The second-order valence-corrected chi connectivity index (χ2v) is 13.5. The predicted octanol–water partition coefficient (Wildman–Crippen LogP) is 6.57. The molecule has 1 saturated heterocycles. The highest BCUT2D eigenvalue weighted by molar-refractivity contribution is 8.00. The summed E-state index contributed by atoms with van der Waals surface area (Å²) in [5, 5.41) is -0.277. The number of hydrogen-bond acceptors (Lipinski definition) is 9. The number of pyridine rings is 1. The zero-order valence-corrected chi connectivity index (χ0v) is 28.0. The van der Waals surface area contributed by atoms with Crippen LogP contribution in [0, 0.1) is 5.92 Å². The lowest BCUT2D eigenvalue weighted by Crippen LogP contribution is -2.39. The highest BCUT2D eigenvalue weighted by Crippen LogP contribution is 2.38. The van der Waals surface area contributed by atoms with Crippen molar-refractivity contribution in [3.05, 3.63) is 87.2 Å². The number of alkyl halides is 2. The third kappa shape index (κ3) is 9.13. The van der Waals surface area contributed by atoms with E-state index in [1.54, 1.807) is 43.3 Å². The Kier molecular flexibility index (Phi) is 11.6. The normalized spacial score (nSPS) is 17.0. The molecule has 0 bridgehead atoms. The van der Waals surface area contributed by atoms with Crippen molar-refractivity contribution in [2.45, 2.75) is 37.4 Å². The number of aromatic nitrogens is 1. The van der Waals surface area contributed by atoms with Crippen molar-refractivity contribution in [1.29, 1.82) is 0 Å². The van der Waals surface area contributed by atoms with Crippen molar-refractivity contribution in [1.82, 2.24) is 14.8 Å². The van der Waals surface area contributed by atoms with Gasteiger partial charge in [-0.25, -0.2) is 4.79 Å². The van der Waals surface area contributed by atoms with E-state index in [1.807, 2.05) is 0 Å². The van der Waals surface area contributed by atoms with Gasteiger partial charge in [0.25, 0.3) is 5.91 Å². The van der Waals surface area contributed by atoms with Crippen LogP contribution in [-0.4, -0.2) is 84.0 Å². The molecule has 2 atom stereocenters. The van der Waals surface area contributed by atoms with Crippen LogP contribution in [0.1, 0.15) is 50.8 Å². The molecule has 1 amide bonds. The number of thioether (sulfide) groups is 1. The van der Waals surface area contributed by atoms with Crippen molar-refractivity contribution in [3.8, 4) is 11.5 Å².